The summed E-state index contributed by atoms with van der Waals surface area (Å²) in [5.74, 6) is -2.28. The van der Waals surface area contributed by atoms with Crippen molar-refractivity contribution in [3.05, 3.63) is 35.1 Å². The van der Waals surface area contributed by atoms with E-state index in [4.69, 9.17) is 5.73 Å². The number of hydrogen-bond acceptors (Lipinski definition) is 2. The highest BCUT2D eigenvalue weighted by Crippen LogP contribution is 2.32. The molecule has 1 atom stereocenters. The fourth-order valence-corrected chi connectivity index (χ4v) is 2.06. The van der Waals surface area contributed by atoms with Crippen molar-refractivity contribution in [2.75, 3.05) is 13.1 Å². The lowest BCUT2D eigenvalue weighted by Gasteiger charge is -2.17. The fraction of sp³-hybridized carbons (Fsp3) is 0.417. The predicted molar refractivity (Wildman–Crippen MR) is 67.1 cm³/mol. The number of nitrogens with zero attached hydrogens (tertiary/aromatic N) is 1. The Labute approximate surface area is 119 Å². The summed E-state index contributed by atoms with van der Waals surface area (Å²) in [7, 11) is 0. The lowest BCUT2D eigenvalue weighted by molar-refractivity contribution is -0.140. The summed E-state index contributed by atoms with van der Waals surface area (Å²) in [5, 5.41) is 0. The Morgan fingerprint density at radius 1 is 1.35 bits per heavy atom. The Bertz CT molecular complexity index is 507. The molecule has 1 fully saturated rings. The number of carbonyl (C=O) groups is 1. The summed E-state index contributed by atoms with van der Waals surface area (Å²) >= 11 is 0. The van der Waals surface area contributed by atoms with E-state index in [2.05, 4.69) is 0 Å². The summed E-state index contributed by atoms with van der Waals surface area (Å²) in [5.41, 5.74) is 3.62. The number of carbonyl (C=O) groups excluding carboxylic acids is 1. The number of rotatable bonds is 1. The van der Waals surface area contributed by atoms with Crippen LogP contribution in [0.15, 0.2) is 18.2 Å². The number of nitrogens with two attached hydrogens (primary N) is 1. The standard InChI is InChI=1S/C12H12F4N2O.ClH/c13-10-8(2-1-3-9(10)12(14,15)16)11(19)18-5-4-7(17)6-18;/h1-3,7H,4-6,17H2;1H. The number of halogens is 5. The highest BCUT2D eigenvalue weighted by molar-refractivity contribution is 5.95. The molecule has 2 rings (SSSR count). The minimum atomic E-state index is -4.82. The Morgan fingerprint density at radius 3 is 2.50 bits per heavy atom. The van der Waals surface area contributed by atoms with Crippen LogP contribution in [0.1, 0.15) is 22.3 Å². The molecular weight excluding hydrogens is 300 g/mol. The largest absolute Gasteiger partial charge is 0.419 e. The van der Waals surface area contributed by atoms with E-state index in [1.807, 2.05) is 0 Å². The molecule has 1 aromatic carbocycles. The molecule has 0 bridgehead atoms. The van der Waals surface area contributed by atoms with E-state index in [0.717, 1.165) is 12.1 Å². The van der Waals surface area contributed by atoms with Crippen LogP contribution in [-0.4, -0.2) is 29.9 Å². The molecule has 1 aliphatic rings. The molecule has 2 N–H and O–H groups in total. The average Bonchev–Trinajstić information content (AvgIpc) is 2.74. The quantitative estimate of drug-likeness (QED) is 0.810. The van der Waals surface area contributed by atoms with Crippen molar-refractivity contribution in [3.63, 3.8) is 0 Å². The molecule has 1 unspecified atom stereocenters. The summed E-state index contributed by atoms with van der Waals surface area (Å²) in [6.45, 7) is 0.560. The topological polar surface area (TPSA) is 46.3 Å². The van der Waals surface area contributed by atoms with E-state index in [-0.39, 0.29) is 25.0 Å². The molecule has 3 nitrogen and oxygen atoms in total. The summed E-state index contributed by atoms with van der Waals surface area (Å²) in [4.78, 5) is 13.2. The Hall–Kier alpha value is -1.34. The Balaban J connectivity index is 0.00000200. The molecule has 0 saturated carbocycles. The van der Waals surface area contributed by atoms with E-state index in [9.17, 15) is 22.4 Å². The van der Waals surface area contributed by atoms with Crippen molar-refractivity contribution < 1.29 is 22.4 Å². The van der Waals surface area contributed by atoms with Gasteiger partial charge in [-0.3, -0.25) is 4.79 Å². The van der Waals surface area contributed by atoms with E-state index < -0.39 is 29.0 Å². The molecule has 1 aromatic rings. The van der Waals surface area contributed by atoms with Crippen molar-refractivity contribution in [3.8, 4) is 0 Å². The summed E-state index contributed by atoms with van der Waals surface area (Å²) in [6.07, 6.45) is -4.26. The molecule has 1 aliphatic heterocycles. The van der Waals surface area contributed by atoms with Crippen molar-refractivity contribution in [1.29, 1.82) is 0 Å². The van der Waals surface area contributed by atoms with E-state index in [1.54, 1.807) is 0 Å². The van der Waals surface area contributed by atoms with Gasteiger partial charge in [-0.25, -0.2) is 4.39 Å². The van der Waals surface area contributed by atoms with Gasteiger partial charge in [0, 0.05) is 19.1 Å². The molecule has 112 valence electrons. The van der Waals surface area contributed by atoms with Gasteiger partial charge >= 0.3 is 6.18 Å². The second-order valence-electron chi connectivity index (χ2n) is 4.46. The maximum absolute atomic E-state index is 13.8. The molecule has 1 saturated heterocycles. The van der Waals surface area contributed by atoms with Crippen LogP contribution in [0.2, 0.25) is 0 Å². The number of likely N-dealkylation sites (tertiary alicyclic amines) is 1. The number of benzene rings is 1. The Morgan fingerprint density at radius 2 is 2.00 bits per heavy atom. The molecule has 0 aromatic heterocycles. The van der Waals surface area contributed by atoms with Crippen molar-refractivity contribution >= 4 is 18.3 Å². The van der Waals surface area contributed by atoms with E-state index in [1.165, 1.54) is 4.90 Å². The fourth-order valence-electron chi connectivity index (χ4n) is 2.06. The zero-order valence-electron chi connectivity index (χ0n) is 10.3. The first-order chi connectivity index (χ1) is 8.80. The molecule has 0 spiro atoms. The second-order valence-corrected chi connectivity index (χ2v) is 4.46. The van der Waals surface area contributed by atoms with Crippen LogP contribution in [0.25, 0.3) is 0 Å². The molecule has 1 heterocycles. The monoisotopic (exact) mass is 312 g/mol. The average molecular weight is 313 g/mol. The van der Waals surface area contributed by atoms with Crippen LogP contribution in [0, 0.1) is 5.82 Å². The SMILES string of the molecule is Cl.NC1CCN(C(=O)c2cccc(C(F)(F)F)c2F)C1. The van der Waals surface area contributed by atoms with Gasteiger partial charge in [0.1, 0.15) is 5.82 Å². The van der Waals surface area contributed by atoms with E-state index >= 15 is 0 Å². The van der Waals surface area contributed by atoms with Gasteiger partial charge in [-0.15, -0.1) is 12.4 Å². The van der Waals surface area contributed by atoms with Gasteiger partial charge in [-0.05, 0) is 18.6 Å². The van der Waals surface area contributed by atoms with Crippen molar-refractivity contribution in [2.24, 2.45) is 5.73 Å². The van der Waals surface area contributed by atoms with Crippen LogP contribution >= 0.6 is 12.4 Å². The highest BCUT2D eigenvalue weighted by atomic mass is 35.5. The minimum absolute atomic E-state index is 0. The predicted octanol–water partition coefficient (Wildman–Crippen LogP) is 2.44. The second kappa shape index (κ2) is 5.97. The maximum atomic E-state index is 13.8. The number of amides is 1. The highest BCUT2D eigenvalue weighted by Gasteiger charge is 2.36. The van der Waals surface area contributed by atoms with Crippen molar-refractivity contribution in [1.82, 2.24) is 4.90 Å². The van der Waals surface area contributed by atoms with Gasteiger partial charge in [0.2, 0.25) is 0 Å². The van der Waals surface area contributed by atoms with E-state index in [0.29, 0.717) is 19.0 Å². The molecule has 1 amide bonds. The first-order valence-corrected chi connectivity index (χ1v) is 5.71. The van der Waals surface area contributed by atoms with Gasteiger partial charge in [-0.2, -0.15) is 13.2 Å². The van der Waals surface area contributed by atoms with Gasteiger partial charge in [-0.1, -0.05) is 6.07 Å². The zero-order chi connectivity index (χ0) is 14.2. The smallest absolute Gasteiger partial charge is 0.337 e. The first kappa shape index (κ1) is 16.7. The zero-order valence-corrected chi connectivity index (χ0v) is 11.1. The van der Waals surface area contributed by atoms with Gasteiger partial charge in [0.25, 0.3) is 5.91 Å². The molecule has 8 heteroatoms. The first-order valence-electron chi connectivity index (χ1n) is 5.71. The lowest BCUT2D eigenvalue weighted by Crippen LogP contribution is -2.32. The lowest BCUT2D eigenvalue weighted by atomic mass is 10.1. The number of alkyl halides is 3. The third-order valence-electron chi connectivity index (χ3n) is 3.05. The summed E-state index contributed by atoms with van der Waals surface area (Å²) in [6, 6.07) is 2.48. The molecule has 0 radical (unpaired) electrons. The third-order valence-corrected chi connectivity index (χ3v) is 3.05. The van der Waals surface area contributed by atoms with Crippen LogP contribution < -0.4 is 5.73 Å². The molecular formula is C12H13ClF4N2O. The normalized spacial score (nSPS) is 18.9. The van der Waals surface area contributed by atoms with Crippen LogP contribution in [0.4, 0.5) is 17.6 Å². The van der Waals surface area contributed by atoms with Gasteiger partial charge < -0.3 is 10.6 Å². The Kier molecular flexibility index (Phi) is 4.99. The maximum Gasteiger partial charge on any atom is 0.419 e. The van der Waals surface area contributed by atoms with Crippen molar-refractivity contribution in [2.45, 2.75) is 18.6 Å². The third kappa shape index (κ3) is 3.21. The minimum Gasteiger partial charge on any atom is -0.337 e. The molecule has 20 heavy (non-hydrogen) atoms. The number of hydrogen-bond donors (Lipinski definition) is 1. The van der Waals surface area contributed by atoms with Gasteiger partial charge in [0.05, 0.1) is 11.1 Å². The van der Waals surface area contributed by atoms with Crippen LogP contribution in [0.5, 0.6) is 0 Å². The van der Waals surface area contributed by atoms with Gasteiger partial charge in [0.15, 0.2) is 0 Å². The van der Waals surface area contributed by atoms with Crippen LogP contribution in [0.3, 0.4) is 0 Å². The van der Waals surface area contributed by atoms with Crippen LogP contribution in [-0.2, 0) is 6.18 Å². The summed E-state index contributed by atoms with van der Waals surface area (Å²) < 4.78 is 51.4. The molecule has 0 aliphatic carbocycles.